The number of rotatable bonds is 7. The maximum Gasteiger partial charge on any atom is 0.323 e. The number of carbonyl (C=O) groups is 2. The highest BCUT2D eigenvalue weighted by Gasteiger charge is 2.24. The second kappa shape index (κ2) is 8.06. The Morgan fingerprint density at radius 3 is 2.18 bits per heavy atom. The van der Waals surface area contributed by atoms with Gasteiger partial charge in [0.05, 0.1) is 19.6 Å². The van der Waals surface area contributed by atoms with E-state index in [0.717, 1.165) is 0 Å². The van der Waals surface area contributed by atoms with E-state index in [-0.39, 0.29) is 23.8 Å². The smallest absolute Gasteiger partial charge is 0.323 e. The number of hydrogen-bond donors (Lipinski definition) is 1. The molecule has 0 fully saturated rings. The third-order valence-corrected chi connectivity index (χ3v) is 2.45. The SMILES string of the molecule is CCOC(=O)C(C)CNC(C(=O)OC)C(C)C. The second-order valence-corrected chi connectivity index (χ2v) is 4.31. The third-order valence-electron chi connectivity index (χ3n) is 2.45. The summed E-state index contributed by atoms with van der Waals surface area (Å²) in [5, 5.41) is 3.03. The molecule has 0 aromatic heterocycles. The molecule has 0 radical (unpaired) electrons. The van der Waals surface area contributed by atoms with Crippen LogP contribution in [0.2, 0.25) is 0 Å². The summed E-state index contributed by atoms with van der Waals surface area (Å²) in [5.41, 5.74) is 0. The van der Waals surface area contributed by atoms with Gasteiger partial charge in [-0.2, -0.15) is 0 Å². The van der Waals surface area contributed by atoms with E-state index in [9.17, 15) is 9.59 Å². The predicted molar refractivity (Wildman–Crippen MR) is 64.4 cm³/mol. The van der Waals surface area contributed by atoms with Gasteiger partial charge in [0.2, 0.25) is 0 Å². The van der Waals surface area contributed by atoms with E-state index in [1.54, 1.807) is 13.8 Å². The fraction of sp³-hybridized carbons (Fsp3) is 0.833. The van der Waals surface area contributed by atoms with E-state index >= 15 is 0 Å². The van der Waals surface area contributed by atoms with E-state index in [2.05, 4.69) is 5.32 Å². The number of carbonyl (C=O) groups excluding carboxylic acids is 2. The van der Waals surface area contributed by atoms with Crippen molar-refractivity contribution >= 4 is 11.9 Å². The average molecular weight is 245 g/mol. The summed E-state index contributed by atoms with van der Waals surface area (Å²) < 4.78 is 9.58. The molecule has 0 aliphatic rings. The van der Waals surface area contributed by atoms with Gasteiger partial charge in [0.25, 0.3) is 0 Å². The summed E-state index contributed by atoms with van der Waals surface area (Å²) in [6.07, 6.45) is 0. The molecular formula is C12H23NO4. The van der Waals surface area contributed by atoms with Crippen LogP contribution in [-0.2, 0) is 19.1 Å². The Morgan fingerprint density at radius 2 is 1.76 bits per heavy atom. The molecule has 2 atom stereocenters. The van der Waals surface area contributed by atoms with E-state index in [1.807, 2.05) is 13.8 Å². The van der Waals surface area contributed by atoms with Crippen molar-refractivity contribution in [1.82, 2.24) is 5.32 Å². The van der Waals surface area contributed by atoms with E-state index in [0.29, 0.717) is 13.2 Å². The highest BCUT2D eigenvalue weighted by molar-refractivity contribution is 5.76. The van der Waals surface area contributed by atoms with Crippen molar-refractivity contribution in [2.24, 2.45) is 11.8 Å². The van der Waals surface area contributed by atoms with Gasteiger partial charge in [0, 0.05) is 6.54 Å². The molecule has 2 unspecified atom stereocenters. The zero-order valence-corrected chi connectivity index (χ0v) is 11.3. The molecule has 0 heterocycles. The Morgan fingerprint density at radius 1 is 1.18 bits per heavy atom. The minimum atomic E-state index is -0.392. The van der Waals surface area contributed by atoms with E-state index in [4.69, 9.17) is 9.47 Å². The van der Waals surface area contributed by atoms with Crippen LogP contribution >= 0.6 is 0 Å². The first-order valence-corrected chi connectivity index (χ1v) is 5.91. The molecule has 0 aromatic rings. The molecule has 100 valence electrons. The summed E-state index contributed by atoms with van der Waals surface area (Å²) in [7, 11) is 1.36. The Bertz CT molecular complexity index is 253. The zero-order valence-electron chi connectivity index (χ0n) is 11.3. The highest BCUT2D eigenvalue weighted by atomic mass is 16.5. The van der Waals surface area contributed by atoms with Gasteiger partial charge in [-0.25, -0.2) is 0 Å². The molecule has 5 heteroatoms. The average Bonchev–Trinajstić information content (AvgIpc) is 2.28. The normalized spacial score (nSPS) is 14.2. The number of ether oxygens (including phenoxy) is 2. The lowest BCUT2D eigenvalue weighted by Crippen LogP contribution is -2.44. The van der Waals surface area contributed by atoms with Crippen LogP contribution in [0.4, 0.5) is 0 Å². The van der Waals surface area contributed by atoms with Gasteiger partial charge in [-0.1, -0.05) is 20.8 Å². The first-order chi connectivity index (χ1) is 7.93. The molecule has 0 amide bonds. The van der Waals surface area contributed by atoms with Crippen LogP contribution < -0.4 is 5.32 Å². The molecule has 1 N–H and O–H groups in total. The third kappa shape index (κ3) is 5.68. The van der Waals surface area contributed by atoms with Gasteiger partial charge in [-0.15, -0.1) is 0 Å². The van der Waals surface area contributed by atoms with Crippen LogP contribution in [0.3, 0.4) is 0 Å². The summed E-state index contributed by atoms with van der Waals surface area (Å²) in [6, 6.07) is -0.392. The Kier molecular flexibility index (Phi) is 7.54. The minimum Gasteiger partial charge on any atom is -0.468 e. The van der Waals surface area contributed by atoms with Gasteiger partial charge >= 0.3 is 11.9 Å². The Balaban J connectivity index is 4.21. The standard InChI is InChI=1S/C12H23NO4/c1-6-17-11(14)9(4)7-13-10(8(2)3)12(15)16-5/h8-10,13H,6-7H2,1-5H3. The molecule has 5 nitrogen and oxygen atoms in total. The monoisotopic (exact) mass is 245 g/mol. The maximum absolute atomic E-state index is 11.5. The summed E-state index contributed by atoms with van der Waals surface area (Å²) >= 11 is 0. The molecular weight excluding hydrogens is 222 g/mol. The van der Waals surface area contributed by atoms with Crippen molar-refractivity contribution in [2.75, 3.05) is 20.3 Å². The van der Waals surface area contributed by atoms with Gasteiger partial charge in [-0.3, -0.25) is 9.59 Å². The summed E-state index contributed by atoms with van der Waals surface area (Å²) in [5.74, 6) is -0.735. The molecule has 0 aliphatic heterocycles. The maximum atomic E-state index is 11.5. The fourth-order valence-electron chi connectivity index (χ4n) is 1.39. The van der Waals surface area contributed by atoms with Crippen molar-refractivity contribution in [1.29, 1.82) is 0 Å². The number of nitrogens with one attached hydrogen (secondary N) is 1. The van der Waals surface area contributed by atoms with Crippen molar-refractivity contribution < 1.29 is 19.1 Å². The molecule has 0 saturated heterocycles. The predicted octanol–water partition coefficient (Wildman–Crippen LogP) is 0.973. The number of hydrogen-bond acceptors (Lipinski definition) is 5. The van der Waals surface area contributed by atoms with Crippen molar-refractivity contribution in [3.8, 4) is 0 Å². The highest BCUT2D eigenvalue weighted by Crippen LogP contribution is 2.05. The van der Waals surface area contributed by atoms with Crippen LogP contribution in [-0.4, -0.2) is 38.2 Å². The van der Waals surface area contributed by atoms with Gasteiger partial charge in [0.15, 0.2) is 0 Å². The topological polar surface area (TPSA) is 64.6 Å². The minimum absolute atomic E-state index is 0.108. The largest absolute Gasteiger partial charge is 0.468 e. The van der Waals surface area contributed by atoms with Gasteiger partial charge < -0.3 is 14.8 Å². The zero-order chi connectivity index (χ0) is 13.4. The van der Waals surface area contributed by atoms with Crippen LogP contribution in [0.15, 0.2) is 0 Å². The van der Waals surface area contributed by atoms with Crippen molar-refractivity contribution in [3.63, 3.8) is 0 Å². The van der Waals surface area contributed by atoms with Crippen LogP contribution in [0.1, 0.15) is 27.7 Å². The van der Waals surface area contributed by atoms with Crippen LogP contribution in [0, 0.1) is 11.8 Å². The molecule has 17 heavy (non-hydrogen) atoms. The first kappa shape index (κ1) is 15.9. The first-order valence-electron chi connectivity index (χ1n) is 5.91. The second-order valence-electron chi connectivity index (χ2n) is 4.31. The van der Waals surface area contributed by atoms with Crippen molar-refractivity contribution in [3.05, 3.63) is 0 Å². The Hall–Kier alpha value is -1.10. The van der Waals surface area contributed by atoms with E-state index < -0.39 is 6.04 Å². The van der Waals surface area contributed by atoms with Crippen molar-refractivity contribution in [2.45, 2.75) is 33.7 Å². The molecule has 0 rings (SSSR count). The molecule has 0 saturated carbocycles. The fourth-order valence-corrected chi connectivity index (χ4v) is 1.39. The molecule has 0 spiro atoms. The lowest BCUT2D eigenvalue weighted by Gasteiger charge is -2.21. The molecule has 0 aromatic carbocycles. The molecule has 0 bridgehead atoms. The van der Waals surface area contributed by atoms with Crippen LogP contribution in [0.25, 0.3) is 0 Å². The summed E-state index contributed by atoms with van der Waals surface area (Å²) in [6.45, 7) is 8.14. The quantitative estimate of drug-likeness (QED) is 0.677. The number of esters is 2. The lowest BCUT2D eigenvalue weighted by atomic mass is 10.0. The lowest BCUT2D eigenvalue weighted by molar-refractivity contribution is -0.149. The molecule has 0 aliphatic carbocycles. The summed E-state index contributed by atoms with van der Waals surface area (Å²) in [4.78, 5) is 22.8. The van der Waals surface area contributed by atoms with Gasteiger partial charge in [-0.05, 0) is 12.8 Å². The number of methoxy groups -OCH3 is 1. The van der Waals surface area contributed by atoms with Crippen LogP contribution in [0.5, 0.6) is 0 Å². The van der Waals surface area contributed by atoms with Gasteiger partial charge in [0.1, 0.15) is 6.04 Å². The Labute approximate surface area is 103 Å². The van der Waals surface area contributed by atoms with E-state index in [1.165, 1.54) is 7.11 Å².